The summed E-state index contributed by atoms with van der Waals surface area (Å²) in [6.07, 6.45) is 0.0971. The van der Waals surface area contributed by atoms with Crippen molar-refractivity contribution in [3.05, 3.63) is 95.0 Å². The van der Waals surface area contributed by atoms with Crippen LogP contribution in [0.5, 0.6) is 0 Å². The number of sulfonamides is 1. The number of methoxy groups -OCH3 is 1. The fourth-order valence-electron chi connectivity index (χ4n) is 3.01. The number of benzene rings is 3. The van der Waals surface area contributed by atoms with Crippen LogP contribution in [-0.4, -0.2) is 33.4 Å². The number of anilines is 1. The lowest BCUT2D eigenvalue weighted by Gasteiger charge is -2.19. The summed E-state index contributed by atoms with van der Waals surface area (Å²) in [4.78, 5) is 25.1. The van der Waals surface area contributed by atoms with Crippen molar-refractivity contribution in [3.63, 3.8) is 0 Å². The van der Waals surface area contributed by atoms with E-state index in [4.69, 9.17) is 16.3 Å². The molecule has 0 heterocycles. The average molecular weight is 473 g/mol. The molecule has 0 bridgehead atoms. The van der Waals surface area contributed by atoms with E-state index in [0.717, 1.165) is 5.56 Å². The maximum absolute atomic E-state index is 13.1. The van der Waals surface area contributed by atoms with Crippen LogP contribution >= 0.6 is 11.6 Å². The highest BCUT2D eigenvalue weighted by Crippen LogP contribution is 2.19. The Morgan fingerprint density at radius 3 is 2.22 bits per heavy atom. The first-order chi connectivity index (χ1) is 15.3. The molecule has 0 saturated carbocycles. The maximum Gasteiger partial charge on any atom is 0.339 e. The molecular formula is C23H21ClN2O5S. The van der Waals surface area contributed by atoms with Gasteiger partial charge in [0, 0.05) is 5.02 Å². The third-order valence-corrected chi connectivity index (χ3v) is 6.35. The maximum atomic E-state index is 13.1. The summed E-state index contributed by atoms with van der Waals surface area (Å²) < 4.78 is 33.0. The smallest absolute Gasteiger partial charge is 0.339 e. The van der Waals surface area contributed by atoms with Crippen LogP contribution in [0.4, 0.5) is 5.69 Å². The summed E-state index contributed by atoms with van der Waals surface area (Å²) in [6, 6.07) is 19.8. The molecule has 0 fully saturated rings. The highest BCUT2D eigenvalue weighted by atomic mass is 35.5. The lowest BCUT2D eigenvalue weighted by atomic mass is 10.1. The van der Waals surface area contributed by atoms with Crippen molar-refractivity contribution < 1.29 is 22.7 Å². The standard InChI is InChI=1S/C23H21ClN2O5S/c1-31-23(28)19-9-5-6-10-20(19)25-22(27)21(15-16-7-3-2-4-8-16)26-32(29,30)18-13-11-17(24)12-14-18/h2-14,21,26H,15H2,1H3,(H,25,27)/t21-/m0/s1. The summed E-state index contributed by atoms with van der Waals surface area (Å²) in [5.74, 6) is -1.25. The van der Waals surface area contributed by atoms with Crippen LogP contribution in [0.25, 0.3) is 0 Å². The van der Waals surface area contributed by atoms with Crippen LogP contribution in [0.3, 0.4) is 0 Å². The van der Waals surface area contributed by atoms with Gasteiger partial charge < -0.3 is 10.1 Å². The number of para-hydroxylation sites is 1. The Bertz CT molecular complexity index is 1200. The molecule has 3 aromatic carbocycles. The number of hydrogen-bond acceptors (Lipinski definition) is 5. The minimum Gasteiger partial charge on any atom is -0.465 e. The molecule has 0 spiro atoms. The first-order valence-corrected chi connectivity index (χ1v) is 11.5. The van der Waals surface area contributed by atoms with E-state index in [0.29, 0.717) is 5.02 Å². The van der Waals surface area contributed by atoms with Gasteiger partial charge in [-0.3, -0.25) is 4.79 Å². The SMILES string of the molecule is COC(=O)c1ccccc1NC(=O)[C@H](Cc1ccccc1)NS(=O)(=O)c1ccc(Cl)cc1. The van der Waals surface area contributed by atoms with Crippen molar-refractivity contribution in [2.45, 2.75) is 17.4 Å². The average Bonchev–Trinajstić information content (AvgIpc) is 2.79. The van der Waals surface area contributed by atoms with Crippen molar-refractivity contribution >= 4 is 39.2 Å². The van der Waals surface area contributed by atoms with Gasteiger partial charge in [-0.15, -0.1) is 0 Å². The third-order valence-electron chi connectivity index (χ3n) is 4.61. The molecule has 166 valence electrons. The molecule has 1 atom stereocenters. The molecule has 0 aromatic heterocycles. The van der Waals surface area contributed by atoms with Crippen LogP contribution in [0.15, 0.2) is 83.8 Å². The van der Waals surface area contributed by atoms with Crippen molar-refractivity contribution in [1.82, 2.24) is 4.72 Å². The zero-order valence-electron chi connectivity index (χ0n) is 17.1. The zero-order valence-corrected chi connectivity index (χ0v) is 18.7. The minimum absolute atomic E-state index is 0.0253. The Kier molecular flexibility index (Phi) is 7.63. The van der Waals surface area contributed by atoms with Gasteiger partial charge >= 0.3 is 5.97 Å². The van der Waals surface area contributed by atoms with Gasteiger partial charge in [0.25, 0.3) is 0 Å². The number of ether oxygens (including phenoxy) is 1. The van der Waals surface area contributed by atoms with Crippen LogP contribution in [0, 0.1) is 0 Å². The number of hydrogen-bond donors (Lipinski definition) is 2. The molecule has 7 nitrogen and oxygen atoms in total. The van der Waals surface area contributed by atoms with E-state index in [9.17, 15) is 18.0 Å². The summed E-state index contributed by atoms with van der Waals surface area (Å²) in [7, 11) is -2.79. The number of esters is 1. The fraction of sp³-hybridized carbons (Fsp3) is 0.130. The number of carbonyl (C=O) groups excluding carboxylic acids is 2. The van der Waals surface area contributed by atoms with Gasteiger partial charge in [0.15, 0.2) is 0 Å². The fourth-order valence-corrected chi connectivity index (χ4v) is 4.33. The van der Waals surface area contributed by atoms with Crippen LogP contribution in [0.2, 0.25) is 5.02 Å². The number of nitrogens with one attached hydrogen (secondary N) is 2. The third kappa shape index (κ3) is 5.94. The molecular weight excluding hydrogens is 452 g/mol. The van der Waals surface area contributed by atoms with Gasteiger partial charge in [-0.1, -0.05) is 54.1 Å². The van der Waals surface area contributed by atoms with Gasteiger partial charge in [0.1, 0.15) is 6.04 Å². The van der Waals surface area contributed by atoms with E-state index in [2.05, 4.69) is 10.0 Å². The van der Waals surface area contributed by atoms with E-state index in [1.54, 1.807) is 36.4 Å². The molecule has 0 unspecified atom stereocenters. The van der Waals surface area contributed by atoms with Gasteiger partial charge in [-0.25, -0.2) is 13.2 Å². The van der Waals surface area contributed by atoms with Gasteiger partial charge in [-0.2, -0.15) is 4.72 Å². The van der Waals surface area contributed by atoms with Crippen LogP contribution in [0.1, 0.15) is 15.9 Å². The predicted molar refractivity (Wildman–Crippen MR) is 122 cm³/mol. The topological polar surface area (TPSA) is 102 Å². The number of carbonyl (C=O) groups is 2. The van der Waals surface area contributed by atoms with Gasteiger partial charge in [0.05, 0.1) is 23.3 Å². The highest BCUT2D eigenvalue weighted by molar-refractivity contribution is 7.89. The first kappa shape index (κ1) is 23.5. The second kappa shape index (κ2) is 10.4. The van der Waals surface area contributed by atoms with E-state index in [-0.39, 0.29) is 22.6 Å². The van der Waals surface area contributed by atoms with E-state index in [1.165, 1.54) is 43.5 Å². The summed E-state index contributed by atoms with van der Waals surface area (Å²) >= 11 is 5.85. The van der Waals surface area contributed by atoms with Gasteiger partial charge in [0.2, 0.25) is 15.9 Å². The zero-order chi connectivity index (χ0) is 23.1. The molecule has 0 aliphatic rings. The van der Waals surface area contributed by atoms with Gasteiger partial charge in [-0.05, 0) is 48.4 Å². The molecule has 0 radical (unpaired) electrons. The molecule has 0 aliphatic heterocycles. The number of rotatable bonds is 8. The Labute approximate surface area is 191 Å². The Morgan fingerprint density at radius 2 is 1.56 bits per heavy atom. The number of halogens is 1. The summed E-state index contributed by atoms with van der Waals surface area (Å²) in [6.45, 7) is 0. The first-order valence-electron chi connectivity index (χ1n) is 9.60. The molecule has 3 rings (SSSR count). The van der Waals surface area contributed by atoms with Crippen LogP contribution in [-0.2, 0) is 26.0 Å². The van der Waals surface area contributed by atoms with Crippen molar-refractivity contribution in [2.75, 3.05) is 12.4 Å². The molecule has 0 aliphatic carbocycles. The lowest BCUT2D eigenvalue weighted by Crippen LogP contribution is -2.45. The molecule has 0 saturated heterocycles. The number of amides is 1. The predicted octanol–water partition coefficient (Wildman–Crippen LogP) is 3.65. The summed E-state index contributed by atoms with van der Waals surface area (Å²) in [5.41, 5.74) is 1.13. The van der Waals surface area contributed by atoms with E-state index in [1.807, 2.05) is 6.07 Å². The molecule has 2 N–H and O–H groups in total. The monoisotopic (exact) mass is 472 g/mol. The molecule has 32 heavy (non-hydrogen) atoms. The molecule has 3 aromatic rings. The second-order valence-corrected chi connectivity index (χ2v) is 8.99. The van der Waals surface area contributed by atoms with Crippen molar-refractivity contribution in [1.29, 1.82) is 0 Å². The lowest BCUT2D eigenvalue weighted by molar-refractivity contribution is -0.117. The normalized spacial score (nSPS) is 12.1. The Balaban J connectivity index is 1.90. The minimum atomic E-state index is -4.03. The second-order valence-electron chi connectivity index (χ2n) is 6.84. The summed E-state index contributed by atoms with van der Waals surface area (Å²) in [5, 5.41) is 3.03. The largest absolute Gasteiger partial charge is 0.465 e. The van der Waals surface area contributed by atoms with Crippen molar-refractivity contribution in [2.24, 2.45) is 0 Å². The highest BCUT2D eigenvalue weighted by Gasteiger charge is 2.27. The van der Waals surface area contributed by atoms with Crippen LogP contribution < -0.4 is 10.0 Å². The molecule has 1 amide bonds. The van der Waals surface area contributed by atoms with E-state index < -0.39 is 27.9 Å². The van der Waals surface area contributed by atoms with Crippen molar-refractivity contribution in [3.8, 4) is 0 Å². The Morgan fingerprint density at radius 1 is 0.938 bits per heavy atom. The van der Waals surface area contributed by atoms with E-state index >= 15 is 0 Å². The quantitative estimate of drug-likeness (QED) is 0.487. The Hall–Kier alpha value is -3.20. The molecule has 9 heteroatoms.